The standard InChI is InChI=1S/C31H30Cl2N2O7S/c32-20-14-21(33)16-24(15-20)43(39,40)35-13-12-26(35)31(38)34-25(17-29(36)37)18-4-6-19(7-5-18)30-27(41-22-8-9-22)2-1-3-28(30)42-23-10-11-23/h1-7,14-16,22-23,25-26H,8-13,17H2,(H,34,38)(H,36,37)/t25-,26+/m1/s1. The maximum Gasteiger partial charge on any atom is 0.305 e. The van der Waals surface area contributed by atoms with E-state index in [1.54, 1.807) is 12.1 Å². The Bertz CT molecular complexity index is 1600. The molecule has 1 amide bonds. The molecule has 3 fully saturated rings. The van der Waals surface area contributed by atoms with Gasteiger partial charge in [-0.2, -0.15) is 4.31 Å². The van der Waals surface area contributed by atoms with Gasteiger partial charge in [0.05, 0.1) is 35.1 Å². The van der Waals surface area contributed by atoms with Gasteiger partial charge < -0.3 is 19.9 Å². The fourth-order valence-corrected chi connectivity index (χ4v) is 7.39. The highest BCUT2D eigenvalue weighted by molar-refractivity contribution is 7.89. The number of amides is 1. The average molecular weight is 646 g/mol. The molecule has 2 atom stereocenters. The molecule has 226 valence electrons. The number of hydrogen-bond donors (Lipinski definition) is 2. The second-order valence-corrected chi connectivity index (χ2v) is 13.8. The van der Waals surface area contributed by atoms with Crippen LogP contribution in [0.3, 0.4) is 0 Å². The Hall–Kier alpha value is -3.31. The van der Waals surface area contributed by atoms with Crippen LogP contribution >= 0.6 is 23.2 Å². The number of carbonyl (C=O) groups excluding carboxylic acids is 1. The maximum atomic E-state index is 13.3. The lowest BCUT2D eigenvalue weighted by Gasteiger charge is -2.39. The number of benzene rings is 3. The molecule has 9 nitrogen and oxygen atoms in total. The summed E-state index contributed by atoms with van der Waals surface area (Å²) < 4.78 is 39.9. The van der Waals surface area contributed by atoms with E-state index in [4.69, 9.17) is 32.7 Å². The third-order valence-corrected chi connectivity index (χ3v) is 9.96. The van der Waals surface area contributed by atoms with Crippen LogP contribution in [0.2, 0.25) is 10.0 Å². The predicted octanol–water partition coefficient (Wildman–Crippen LogP) is 5.84. The first kappa shape index (κ1) is 29.7. The summed E-state index contributed by atoms with van der Waals surface area (Å²) in [5, 5.41) is 12.7. The Morgan fingerprint density at radius 3 is 1.98 bits per heavy atom. The minimum Gasteiger partial charge on any atom is -0.490 e. The van der Waals surface area contributed by atoms with Crippen molar-refractivity contribution in [3.63, 3.8) is 0 Å². The van der Waals surface area contributed by atoms with E-state index in [9.17, 15) is 23.1 Å². The second kappa shape index (κ2) is 12.0. The normalized spacial score (nSPS) is 19.3. The lowest BCUT2D eigenvalue weighted by atomic mass is 9.97. The smallest absolute Gasteiger partial charge is 0.305 e. The van der Waals surface area contributed by atoms with E-state index in [2.05, 4.69) is 5.32 Å². The highest BCUT2D eigenvalue weighted by Gasteiger charge is 2.43. The van der Waals surface area contributed by atoms with E-state index in [1.165, 1.54) is 18.2 Å². The molecule has 3 aromatic carbocycles. The summed E-state index contributed by atoms with van der Waals surface area (Å²) in [5.41, 5.74) is 2.25. The van der Waals surface area contributed by atoms with Crippen molar-refractivity contribution >= 4 is 45.1 Å². The quantitative estimate of drug-likeness (QED) is 0.254. The summed E-state index contributed by atoms with van der Waals surface area (Å²) in [5.74, 6) is -0.224. The summed E-state index contributed by atoms with van der Waals surface area (Å²) in [7, 11) is -4.05. The van der Waals surface area contributed by atoms with E-state index in [1.807, 2.05) is 30.3 Å². The molecular weight excluding hydrogens is 615 g/mol. The summed E-state index contributed by atoms with van der Waals surface area (Å²) in [6.07, 6.45) is 4.32. The van der Waals surface area contributed by atoms with Crippen molar-refractivity contribution in [1.29, 1.82) is 0 Å². The number of nitrogens with one attached hydrogen (secondary N) is 1. The molecule has 1 heterocycles. The molecule has 1 aliphatic heterocycles. The van der Waals surface area contributed by atoms with Crippen molar-refractivity contribution in [3.8, 4) is 22.6 Å². The number of carbonyl (C=O) groups is 2. The summed E-state index contributed by atoms with van der Waals surface area (Å²) in [4.78, 5) is 25.0. The Balaban J connectivity index is 1.22. The fraction of sp³-hybridized carbons (Fsp3) is 0.355. The van der Waals surface area contributed by atoms with Crippen LogP contribution in [0.4, 0.5) is 0 Å². The molecule has 6 rings (SSSR count). The number of carboxylic acid groups (broad SMARTS) is 1. The number of sulfonamides is 1. The van der Waals surface area contributed by atoms with Gasteiger partial charge >= 0.3 is 5.97 Å². The SMILES string of the molecule is O=C(O)C[C@@H](NC(=O)[C@@H]1CCN1S(=O)(=O)c1cc(Cl)cc(Cl)c1)c1ccc(-c2c(OC3CC3)cccc2OC2CC2)cc1. The molecule has 2 aliphatic carbocycles. The van der Waals surface area contributed by atoms with Gasteiger partial charge in [0.2, 0.25) is 15.9 Å². The first-order valence-electron chi connectivity index (χ1n) is 14.2. The number of nitrogens with zero attached hydrogens (tertiary/aromatic N) is 1. The van der Waals surface area contributed by atoms with Crippen LogP contribution < -0.4 is 14.8 Å². The second-order valence-electron chi connectivity index (χ2n) is 11.1. The Kier molecular flexibility index (Phi) is 8.30. The Morgan fingerprint density at radius 1 is 0.907 bits per heavy atom. The zero-order chi connectivity index (χ0) is 30.3. The van der Waals surface area contributed by atoms with Gasteiger partial charge in [-0.3, -0.25) is 9.59 Å². The minimum absolute atomic E-state index is 0.115. The average Bonchev–Trinajstić information content (AvgIpc) is 3.85. The number of carboxylic acids is 1. The molecule has 0 unspecified atom stereocenters. The van der Waals surface area contributed by atoms with Gasteiger partial charge in [-0.05, 0) is 73.6 Å². The highest BCUT2D eigenvalue weighted by atomic mass is 35.5. The molecule has 0 radical (unpaired) electrons. The summed E-state index contributed by atoms with van der Waals surface area (Å²) in [6.45, 7) is 0.135. The van der Waals surface area contributed by atoms with Gasteiger partial charge in [-0.15, -0.1) is 0 Å². The van der Waals surface area contributed by atoms with Crippen molar-refractivity contribution in [3.05, 3.63) is 76.3 Å². The predicted molar refractivity (Wildman–Crippen MR) is 161 cm³/mol. The van der Waals surface area contributed by atoms with Gasteiger partial charge in [-0.1, -0.05) is 53.5 Å². The van der Waals surface area contributed by atoms with E-state index >= 15 is 0 Å². The largest absolute Gasteiger partial charge is 0.490 e. The van der Waals surface area contributed by atoms with Crippen LogP contribution in [0.1, 0.15) is 50.1 Å². The van der Waals surface area contributed by atoms with Crippen LogP contribution in [-0.2, 0) is 19.6 Å². The van der Waals surface area contributed by atoms with Crippen LogP contribution in [0.25, 0.3) is 11.1 Å². The molecule has 2 saturated carbocycles. The monoisotopic (exact) mass is 644 g/mol. The summed E-state index contributed by atoms with van der Waals surface area (Å²) in [6, 6.07) is 15.1. The molecule has 0 spiro atoms. The van der Waals surface area contributed by atoms with E-state index in [0.717, 1.165) is 52.6 Å². The van der Waals surface area contributed by atoms with Gasteiger partial charge in [0, 0.05) is 16.6 Å². The fourth-order valence-electron chi connectivity index (χ4n) is 5.03. The number of ether oxygens (including phenoxy) is 2. The summed E-state index contributed by atoms with van der Waals surface area (Å²) >= 11 is 12.0. The van der Waals surface area contributed by atoms with Crippen molar-refractivity contribution in [2.75, 3.05) is 6.54 Å². The Morgan fingerprint density at radius 2 is 1.49 bits per heavy atom. The number of halogens is 2. The molecule has 0 bridgehead atoms. The van der Waals surface area contributed by atoms with Gasteiger partial charge in [0.1, 0.15) is 17.5 Å². The molecule has 43 heavy (non-hydrogen) atoms. The van der Waals surface area contributed by atoms with E-state index in [-0.39, 0.29) is 40.1 Å². The topological polar surface area (TPSA) is 122 Å². The third-order valence-electron chi connectivity index (χ3n) is 7.64. The third kappa shape index (κ3) is 6.77. The lowest BCUT2D eigenvalue weighted by molar-refractivity contribution is -0.138. The van der Waals surface area contributed by atoms with Crippen LogP contribution in [0, 0.1) is 0 Å². The first-order chi connectivity index (χ1) is 20.6. The van der Waals surface area contributed by atoms with Gasteiger partial charge in [0.15, 0.2) is 0 Å². The van der Waals surface area contributed by atoms with Crippen LogP contribution in [0.15, 0.2) is 65.6 Å². The van der Waals surface area contributed by atoms with Crippen molar-refractivity contribution in [1.82, 2.24) is 9.62 Å². The highest BCUT2D eigenvalue weighted by Crippen LogP contribution is 2.43. The zero-order valence-corrected chi connectivity index (χ0v) is 25.4. The van der Waals surface area contributed by atoms with E-state index < -0.39 is 34.0 Å². The van der Waals surface area contributed by atoms with Crippen molar-refractivity contribution in [2.24, 2.45) is 0 Å². The number of aliphatic carboxylic acids is 1. The minimum atomic E-state index is -4.05. The molecule has 3 aromatic rings. The first-order valence-corrected chi connectivity index (χ1v) is 16.3. The van der Waals surface area contributed by atoms with Crippen molar-refractivity contribution < 1.29 is 32.6 Å². The molecule has 2 N–H and O–H groups in total. The molecule has 3 aliphatic rings. The maximum absolute atomic E-state index is 13.3. The van der Waals surface area contributed by atoms with Gasteiger partial charge in [-0.25, -0.2) is 8.42 Å². The Labute approximate surface area is 259 Å². The molecule has 0 aromatic heterocycles. The van der Waals surface area contributed by atoms with Crippen LogP contribution in [-0.4, -0.2) is 54.5 Å². The number of hydrogen-bond acceptors (Lipinski definition) is 6. The number of rotatable bonds is 12. The van der Waals surface area contributed by atoms with Gasteiger partial charge in [0.25, 0.3) is 0 Å². The van der Waals surface area contributed by atoms with Crippen molar-refractivity contribution in [2.45, 2.75) is 67.7 Å². The molecular formula is C31H30Cl2N2O7S. The molecule has 1 saturated heterocycles. The lowest BCUT2D eigenvalue weighted by Crippen LogP contribution is -2.58. The van der Waals surface area contributed by atoms with E-state index in [0.29, 0.717) is 12.0 Å². The molecule has 12 heteroatoms. The zero-order valence-electron chi connectivity index (χ0n) is 23.0. The van der Waals surface area contributed by atoms with Crippen LogP contribution in [0.5, 0.6) is 11.5 Å².